The van der Waals surface area contributed by atoms with E-state index in [9.17, 15) is 4.79 Å². The predicted octanol–water partition coefficient (Wildman–Crippen LogP) is 2.54. The highest BCUT2D eigenvalue weighted by Crippen LogP contribution is 2.24. The maximum Gasteiger partial charge on any atom is 0.251 e. The predicted molar refractivity (Wildman–Crippen MR) is 82.6 cm³/mol. The minimum atomic E-state index is -0.280. The van der Waals surface area contributed by atoms with Crippen LogP contribution in [0.3, 0.4) is 0 Å². The van der Waals surface area contributed by atoms with Gasteiger partial charge in [-0.05, 0) is 33.6 Å². The number of carbonyl (C=O) groups is 1. The third-order valence-corrected chi connectivity index (χ3v) is 4.91. The van der Waals surface area contributed by atoms with Gasteiger partial charge in [0, 0.05) is 18.1 Å². The minimum Gasteiger partial charge on any atom is -0.365 e. The Balaban J connectivity index is 1.78. The molecular formula is C15H21N3O2S. The number of carbonyl (C=O) groups excluding carboxylic acids is 1. The molecule has 2 aromatic heterocycles. The monoisotopic (exact) mass is 307 g/mol. The molecule has 0 bridgehead atoms. The number of ether oxygens (including phenoxy) is 1. The van der Waals surface area contributed by atoms with Crippen LogP contribution in [0.25, 0.3) is 4.96 Å². The molecule has 1 fully saturated rings. The maximum absolute atomic E-state index is 12.4. The van der Waals surface area contributed by atoms with E-state index in [4.69, 9.17) is 4.74 Å². The van der Waals surface area contributed by atoms with Crippen molar-refractivity contribution in [3.05, 3.63) is 22.5 Å². The second kappa shape index (κ2) is 5.42. The standard InChI is InChI=1S/C15H21N3O2S/c1-9-5-6-13(20-9)14(19)17(4)8-12-11(3)16-15-18(12)7-10(2)21-15/h7,9,13H,5-6,8H2,1-4H3/t9-,13+/m1/s1. The van der Waals surface area contributed by atoms with E-state index in [-0.39, 0.29) is 18.1 Å². The van der Waals surface area contributed by atoms with E-state index in [2.05, 4.69) is 22.5 Å². The summed E-state index contributed by atoms with van der Waals surface area (Å²) in [5.41, 5.74) is 2.07. The van der Waals surface area contributed by atoms with Gasteiger partial charge in [-0.25, -0.2) is 4.98 Å². The lowest BCUT2D eigenvalue weighted by atomic mass is 10.2. The van der Waals surface area contributed by atoms with Crippen molar-refractivity contribution in [3.8, 4) is 0 Å². The number of rotatable bonds is 3. The summed E-state index contributed by atoms with van der Waals surface area (Å²) in [6, 6.07) is 0. The van der Waals surface area contributed by atoms with Gasteiger partial charge in [-0.3, -0.25) is 9.20 Å². The lowest BCUT2D eigenvalue weighted by molar-refractivity contribution is -0.141. The molecule has 5 nitrogen and oxygen atoms in total. The first-order chi connectivity index (χ1) is 9.95. The highest BCUT2D eigenvalue weighted by atomic mass is 32.1. The third-order valence-electron chi connectivity index (χ3n) is 4.01. The summed E-state index contributed by atoms with van der Waals surface area (Å²) in [6.07, 6.45) is 3.78. The fourth-order valence-electron chi connectivity index (χ4n) is 2.83. The van der Waals surface area contributed by atoms with Crippen LogP contribution in [0.2, 0.25) is 0 Å². The lowest BCUT2D eigenvalue weighted by Crippen LogP contribution is -2.36. The molecule has 0 saturated carbocycles. The van der Waals surface area contributed by atoms with Crippen molar-refractivity contribution in [2.24, 2.45) is 0 Å². The fourth-order valence-corrected chi connectivity index (χ4v) is 3.72. The van der Waals surface area contributed by atoms with E-state index in [0.29, 0.717) is 6.54 Å². The Morgan fingerprint density at radius 2 is 2.29 bits per heavy atom. The van der Waals surface area contributed by atoms with Crippen LogP contribution in [-0.2, 0) is 16.1 Å². The van der Waals surface area contributed by atoms with Crippen LogP contribution < -0.4 is 0 Å². The highest BCUT2D eigenvalue weighted by molar-refractivity contribution is 7.17. The molecule has 1 amide bonds. The molecule has 2 aromatic rings. The number of aryl methyl sites for hydroxylation is 2. The van der Waals surface area contributed by atoms with Crippen molar-refractivity contribution in [3.63, 3.8) is 0 Å². The second-order valence-corrected chi connectivity index (χ2v) is 7.06. The normalized spacial score (nSPS) is 22.1. The molecule has 6 heteroatoms. The van der Waals surface area contributed by atoms with Gasteiger partial charge in [-0.15, -0.1) is 11.3 Å². The molecule has 1 aliphatic heterocycles. The number of hydrogen-bond acceptors (Lipinski definition) is 4. The Hall–Kier alpha value is -1.40. The Kier molecular flexibility index (Phi) is 3.75. The molecule has 0 aliphatic carbocycles. The molecule has 1 saturated heterocycles. The van der Waals surface area contributed by atoms with Crippen LogP contribution in [0.4, 0.5) is 0 Å². The molecule has 1 aliphatic rings. The van der Waals surface area contributed by atoms with Crippen molar-refractivity contribution in [1.29, 1.82) is 0 Å². The maximum atomic E-state index is 12.4. The van der Waals surface area contributed by atoms with Crippen LogP contribution in [0.15, 0.2) is 6.20 Å². The zero-order chi connectivity index (χ0) is 15.1. The number of thiazole rings is 1. The summed E-state index contributed by atoms with van der Waals surface area (Å²) in [4.78, 5) is 21.0. The molecule has 3 rings (SSSR count). The largest absolute Gasteiger partial charge is 0.365 e. The first kappa shape index (κ1) is 14.5. The van der Waals surface area contributed by atoms with Gasteiger partial charge in [0.05, 0.1) is 24.0 Å². The summed E-state index contributed by atoms with van der Waals surface area (Å²) in [7, 11) is 1.84. The Morgan fingerprint density at radius 3 is 2.95 bits per heavy atom. The van der Waals surface area contributed by atoms with Crippen molar-refractivity contribution in [2.45, 2.75) is 52.4 Å². The smallest absolute Gasteiger partial charge is 0.251 e. The minimum absolute atomic E-state index is 0.0700. The number of nitrogens with zero attached hydrogens (tertiary/aromatic N) is 3. The zero-order valence-electron chi connectivity index (χ0n) is 12.9. The van der Waals surface area contributed by atoms with E-state index >= 15 is 0 Å². The highest BCUT2D eigenvalue weighted by Gasteiger charge is 2.30. The van der Waals surface area contributed by atoms with Crippen molar-refractivity contribution < 1.29 is 9.53 Å². The fraction of sp³-hybridized carbons (Fsp3) is 0.600. The number of amides is 1. The van der Waals surface area contributed by atoms with Crippen molar-refractivity contribution >= 4 is 22.2 Å². The molecule has 2 atom stereocenters. The summed E-state index contributed by atoms with van der Waals surface area (Å²) < 4.78 is 7.77. The van der Waals surface area contributed by atoms with E-state index < -0.39 is 0 Å². The van der Waals surface area contributed by atoms with Gasteiger partial charge >= 0.3 is 0 Å². The van der Waals surface area contributed by atoms with Gasteiger partial charge < -0.3 is 9.64 Å². The first-order valence-corrected chi connectivity index (χ1v) is 8.11. The van der Waals surface area contributed by atoms with Gasteiger partial charge in [0.15, 0.2) is 4.96 Å². The van der Waals surface area contributed by atoms with Crippen LogP contribution in [-0.4, -0.2) is 39.4 Å². The number of fused-ring (bicyclic) bond motifs is 1. The Labute approximate surface area is 128 Å². The van der Waals surface area contributed by atoms with Crippen molar-refractivity contribution in [2.75, 3.05) is 7.05 Å². The second-order valence-electron chi connectivity index (χ2n) is 5.85. The van der Waals surface area contributed by atoms with Crippen molar-refractivity contribution in [1.82, 2.24) is 14.3 Å². The number of hydrogen-bond donors (Lipinski definition) is 0. The van der Waals surface area contributed by atoms with Gasteiger partial charge in [0.1, 0.15) is 6.10 Å². The molecule has 0 spiro atoms. The summed E-state index contributed by atoms with van der Waals surface area (Å²) in [6.45, 7) is 6.65. The molecule has 0 N–H and O–H groups in total. The average Bonchev–Trinajstić information content (AvgIpc) is 3.07. The third kappa shape index (κ3) is 2.70. The number of likely N-dealkylation sites (N-methyl/N-ethyl adjacent to an activating group) is 1. The Bertz CT molecular complexity index is 676. The topological polar surface area (TPSA) is 46.8 Å². The van der Waals surface area contributed by atoms with Crippen LogP contribution in [0.1, 0.15) is 36.0 Å². The lowest BCUT2D eigenvalue weighted by Gasteiger charge is -2.21. The van der Waals surface area contributed by atoms with Gasteiger partial charge in [0.25, 0.3) is 5.91 Å². The van der Waals surface area contributed by atoms with Crippen LogP contribution >= 0.6 is 11.3 Å². The van der Waals surface area contributed by atoms with Crippen LogP contribution in [0.5, 0.6) is 0 Å². The average molecular weight is 307 g/mol. The SMILES string of the molecule is Cc1cn2c(CN(C)C(=O)[C@@H]3CC[C@@H](C)O3)c(C)nc2s1. The van der Waals surface area contributed by atoms with Crippen LogP contribution in [0, 0.1) is 13.8 Å². The van der Waals surface area contributed by atoms with Gasteiger partial charge in [-0.1, -0.05) is 0 Å². The number of aromatic nitrogens is 2. The zero-order valence-corrected chi connectivity index (χ0v) is 13.7. The molecule has 0 radical (unpaired) electrons. The quantitative estimate of drug-likeness (QED) is 0.875. The van der Waals surface area contributed by atoms with Gasteiger partial charge in [-0.2, -0.15) is 0 Å². The van der Waals surface area contributed by atoms with E-state index in [0.717, 1.165) is 29.2 Å². The molecule has 114 valence electrons. The molecule has 3 heterocycles. The van der Waals surface area contributed by atoms with E-state index in [1.54, 1.807) is 16.2 Å². The summed E-state index contributed by atoms with van der Waals surface area (Å²) in [5, 5.41) is 0. The number of imidazole rings is 1. The Morgan fingerprint density at radius 1 is 1.52 bits per heavy atom. The molecule has 0 aromatic carbocycles. The molecule has 21 heavy (non-hydrogen) atoms. The first-order valence-electron chi connectivity index (χ1n) is 7.30. The summed E-state index contributed by atoms with van der Waals surface area (Å²) >= 11 is 1.67. The molecule has 0 unspecified atom stereocenters. The van der Waals surface area contributed by atoms with E-state index in [1.165, 1.54) is 4.88 Å². The summed E-state index contributed by atoms with van der Waals surface area (Å²) in [5.74, 6) is 0.0700. The molecular weight excluding hydrogens is 286 g/mol. The van der Waals surface area contributed by atoms with E-state index in [1.807, 2.05) is 20.9 Å². The van der Waals surface area contributed by atoms with Gasteiger partial charge in [0.2, 0.25) is 0 Å².